The maximum atomic E-state index is 12.1. The molecule has 0 saturated heterocycles. The Morgan fingerprint density at radius 3 is 2.58 bits per heavy atom. The molecule has 2 rings (SSSR count). The van der Waals surface area contributed by atoms with Crippen LogP contribution < -0.4 is 5.32 Å². The van der Waals surface area contributed by atoms with E-state index in [9.17, 15) is 14.9 Å². The summed E-state index contributed by atoms with van der Waals surface area (Å²) in [4.78, 5) is 22.3. The van der Waals surface area contributed by atoms with Crippen molar-refractivity contribution in [3.05, 3.63) is 55.8 Å². The van der Waals surface area contributed by atoms with Crippen molar-refractivity contribution in [2.24, 2.45) is 7.05 Å². The number of nitrogens with zero attached hydrogens (tertiary/aromatic N) is 2. The van der Waals surface area contributed by atoms with E-state index in [1.807, 2.05) is 18.2 Å². The number of halogens is 1. The second-order valence-corrected chi connectivity index (χ2v) is 4.99. The molecular formula is C12H10IN3O3. The maximum Gasteiger partial charge on any atom is 0.323 e. The maximum absolute atomic E-state index is 12.1. The van der Waals surface area contributed by atoms with Crippen molar-refractivity contribution in [3.8, 4) is 0 Å². The Balaban J connectivity index is 2.26. The molecule has 0 spiro atoms. The Kier molecular flexibility index (Phi) is 3.84. The molecule has 0 unspecified atom stereocenters. The van der Waals surface area contributed by atoms with Crippen LogP contribution in [0.1, 0.15) is 10.5 Å². The zero-order valence-corrected chi connectivity index (χ0v) is 12.1. The minimum atomic E-state index is -0.525. The smallest absolute Gasteiger partial charge is 0.323 e. The van der Waals surface area contributed by atoms with Crippen LogP contribution >= 0.6 is 22.6 Å². The van der Waals surface area contributed by atoms with Gasteiger partial charge in [-0.3, -0.25) is 4.79 Å². The topological polar surface area (TPSA) is 77.2 Å². The van der Waals surface area contributed by atoms with E-state index < -0.39 is 4.92 Å². The highest BCUT2D eigenvalue weighted by Crippen LogP contribution is 2.20. The Labute approximate surface area is 122 Å². The molecule has 98 valence electrons. The lowest BCUT2D eigenvalue weighted by molar-refractivity contribution is -0.391. The fourth-order valence-electron chi connectivity index (χ4n) is 1.66. The Hall–Kier alpha value is -1.90. The Bertz CT molecular complexity index is 651. The molecule has 0 radical (unpaired) electrons. The van der Waals surface area contributed by atoms with Gasteiger partial charge >= 0.3 is 5.82 Å². The number of rotatable bonds is 3. The second-order valence-electron chi connectivity index (χ2n) is 3.83. The molecular weight excluding hydrogens is 361 g/mol. The average Bonchev–Trinajstić information content (AvgIpc) is 2.74. The van der Waals surface area contributed by atoms with Gasteiger partial charge in [0.25, 0.3) is 5.91 Å². The fraction of sp³-hybridized carbons (Fsp3) is 0.0833. The first-order valence-electron chi connectivity index (χ1n) is 5.36. The number of carbonyl (C=O) groups excluding carboxylic acids is 1. The van der Waals surface area contributed by atoms with E-state index in [1.165, 1.54) is 23.7 Å². The highest BCUT2D eigenvalue weighted by Gasteiger charge is 2.20. The average molecular weight is 371 g/mol. The van der Waals surface area contributed by atoms with Crippen LogP contribution in [0.3, 0.4) is 0 Å². The van der Waals surface area contributed by atoms with Crippen LogP contribution in [0.2, 0.25) is 0 Å². The largest absolute Gasteiger partial charge is 0.358 e. The van der Waals surface area contributed by atoms with E-state index in [0.717, 1.165) is 3.57 Å². The van der Waals surface area contributed by atoms with Crippen molar-refractivity contribution in [1.29, 1.82) is 0 Å². The van der Waals surface area contributed by atoms with Gasteiger partial charge in [0.05, 0.1) is 12.7 Å². The van der Waals surface area contributed by atoms with Crippen molar-refractivity contribution >= 4 is 40.0 Å². The fourth-order valence-corrected chi connectivity index (χ4v) is 2.18. The zero-order valence-electron chi connectivity index (χ0n) is 9.96. The summed E-state index contributed by atoms with van der Waals surface area (Å²) in [5.74, 6) is -0.493. The normalized spacial score (nSPS) is 10.2. The SMILES string of the molecule is Cn1c(C(=O)Nc2ccccc2I)ccc1[N+](=O)[O-]. The number of aromatic nitrogens is 1. The Morgan fingerprint density at radius 2 is 2.00 bits per heavy atom. The summed E-state index contributed by atoms with van der Waals surface area (Å²) in [6, 6.07) is 10.1. The van der Waals surface area contributed by atoms with E-state index in [4.69, 9.17) is 0 Å². The van der Waals surface area contributed by atoms with Gasteiger partial charge in [-0.1, -0.05) is 12.1 Å². The number of para-hydroxylation sites is 1. The third kappa shape index (κ3) is 2.75. The summed E-state index contributed by atoms with van der Waals surface area (Å²) in [6.07, 6.45) is 0. The molecule has 6 nitrogen and oxygen atoms in total. The second kappa shape index (κ2) is 5.39. The number of hydrogen-bond donors (Lipinski definition) is 1. The molecule has 1 amide bonds. The van der Waals surface area contributed by atoms with Crippen LogP contribution in [-0.2, 0) is 7.05 Å². The molecule has 2 aromatic rings. The molecule has 1 heterocycles. The van der Waals surface area contributed by atoms with Crippen molar-refractivity contribution in [1.82, 2.24) is 4.57 Å². The first-order valence-corrected chi connectivity index (χ1v) is 6.44. The number of carbonyl (C=O) groups is 1. The standard InChI is InChI=1S/C12H10IN3O3/c1-15-10(6-7-11(15)16(18)19)12(17)14-9-5-3-2-4-8(9)13/h2-7H,1H3,(H,14,17). The third-order valence-corrected chi connectivity index (χ3v) is 3.58. The first kappa shape index (κ1) is 13.5. The van der Waals surface area contributed by atoms with Gasteiger partial charge < -0.3 is 15.4 Å². The summed E-state index contributed by atoms with van der Waals surface area (Å²) in [6.45, 7) is 0. The zero-order chi connectivity index (χ0) is 14.0. The molecule has 19 heavy (non-hydrogen) atoms. The van der Waals surface area contributed by atoms with Crippen LogP contribution in [0.25, 0.3) is 0 Å². The number of hydrogen-bond acceptors (Lipinski definition) is 3. The highest BCUT2D eigenvalue weighted by molar-refractivity contribution is 14.1. The molecule has 0 aliphatic rings. The number of nitro groups is 1. The molecule has 0 saturated carbocycles. The minimum Gasteiger partial charge on any atom is -0.358 e. The molecule has 0 aliphatic heterocycles. The van der Waals surface area contributed by atoms with Crippen molar-refractivity contribution in [2.75, 3.05) is 5.32 Å². The lowest BCUT2D eigenvalue weighted by Gasteiger charge is -2.06. The number of amides is 1. The van der Waals surface area contributed by atoms with Gasteiger partial charge in [-0.05, 0) is 45.7 Å². The predicted molar refractivity (Wildman–Crippen MR) is 79.2 cm³/mol. The van der Waals surface area contributed by atoms with Gasteiger partial charge in [0.15, 0.2) is 5.69 Å². The van der Waals surface area contributed by atoms with Crippen LogP contribution in [0.15, 0.2) is 36.4 Å². The van der Waals surface area contributed by atoms with Gasteiger partial charge in [0.1, 0.15) is 0 Å². The number of anilines is 1. The van der Waals surface area contributed by atoms with Crippen LogP contribution in [0, 0.1) is 13.7 Å². The molecule has 0 bridgehead atoms. The number of benzene rings is 1. The molecule has 1 N–H and O–H groups in total. The van der Waals surface area contributed by atoms with Crippen molar-refractivity contribution in [3.63, 3.8) is 0 Å². The van der Waals surface area contributed by atoms with E-state index >= 15 is 0 Å². The number of nitrogens with one attached hydrogen (secondary N) is 1. The van der Waals surface area contributed by atoms with Crippen LogP contribution in [-0.4, -0.2) is 15.4 Å². The lowest BCUT2D eigenvalue weighted by Crippen LogP contribution is -2.16. The molecule has 0 fully saturated rings. The summed E-state index contributed by atoms with van der Waals surface area (Å²) < 4.78 is 2.16. The van der Waals surface area contributed by atoms with E-state index in [2.05, 4.69) is 27.9 Å². The van der Waals surface area contributed by atoms with E-state index in [0.29, 0.717) is 5.69 Å². The predicted octanol–water partition coefficient (Wildman–Crippen LogP) is 2.79. The quantitative estimate of drug-likeness (QED) is 0.512. The molecule has 0 aliphatic carbocycles. The third-order valence-electron chi connectivity index (χ3n) is 2.64. The summed E-state index contributed by atoms with van der Waals surface area (Å²) in [5, 5.41) is 13.5. The Morgan fingerprint density at radius 1 is 1.32 bits per heavy atom. The first-order chi connectivity index (χ1) is 9.00. The van der Waals surface area contributed by atoms with E-state index in [-0.39, 0.29) is 17.4 Å². The van der Waals surface area contributed by atoms with Gasteiger partial charge in [-0.15, -0.1) is 0 Å². The monoisotopic (exact) mass is 371 g/mol. The van der Waals surface area contributed by atoms with Crippen molar-refractivity contribution in [2.45, 2.75) is 0 Å². The van der Waals surface area contributed by atoms with Crippen LogP contribution in [0.4, 0.5) is 11.5 Å². The summed E-state index contributed by atoms with van der Waals surface area (Å²) >= 11 is 2.11. The van der Waals surface area contributed by atoms with Gasteiger partial charge in [-0.25, -0.2) is 4.57 Å². The van der Waals surface area contributed by atoms with Crippen molar-refractivity contribution < 1.29 is 9.72 Å². The molecule has 1 aromatic heterocycles. The van der Waals surface area contributed by atoms with E-state index in [1.54, 1.807) is 6.07 Å². The highest BCUT2D eigenvalue weighted by atomic mass is 127. The van der Waals surface area contributed by atoms with Gasteiger partial charge in [0, 0.05) is 9.64 Å². The van der Waals surface area contributed by atoms with Crippen LogP contribution in [0.5, 0.6) is 0 Å². The summed E-state index contributed by atoms with van der Waals surface area (Å²) in [7, 11) is 1.49. The van der Waals surface area contributed by atoms with Gasteiger partial charge in [-0.2, -0.15) is 0 Å². The molecule has 7 heteroatoms. The minimum absolute atomic E-state index is 0.118. The van der Waals surface area contributed by atoms with Gasteiger partial charge in [0.2, 0.25) is 0 Å². The lowest BCUT2D eigenvalue weighted by atomic mass is 10.3. The molecule has 1 aromatic carbocycles. The molecule has 0 atom stereocenters. The summed E-state index contributed by atoms with van der Waals surface area (Å²) in [5.41, 5.74) is 0.920.